The predicted octanol–water partition coefficient (Wildman–Crippen LogP) is 2.74. The summed E-state index contributed by atoms with van der Waals surface area (Å²) in [5, 5.41) is 18.5. The number of rotatable bonds is 6. The van der Waals surface area contributed by atoms with Crippen LogP contribution in [0.3, 0.4) is 0 Å². The fourth-order valence-corrected chi connectivity index (χ4v) is 2.16. The van der Waals surface area contributed by atoms with Crippen molar-refractivity contribution >= 4 is 11.5 Å². The van der Waals surface area contributed by atoms with Gasteiger partial charge < -0.3 is 10.1 Å². The minimum absolute atomic E-state index is 0.0275. The third kappa shape index (κ3) is 3.13. The third-order valence-electron chi connectivity index (χ3n) is 3.17. The van der Waals surface area contributed by atoms with Gasteiger partial charge in [-0.25, -0.2) is 4.68 Å². The first-order chi connectivity index (χ1) is 10.1. The number of benzene rings is 1. The van der Waals surface area contributed by atoms with E-state index >= 15 is 0 Å². The van der Waals surface area contributed by atoms with Gasteiger partial charge in [0.1, 0.15) is 11.4 Å². The number of nitrogens with one attached hydrogen (secondary N) is 1. The molecule has 0 saturated heterocycles. The number of nitro groups is 1. The zero-order valence-electron chi connectivity index (χ0n) is 12.3. The first-order valence-corrected chi connectivity index (χ1v) is 6.65. The van der Waals surface area contributed by atoms with Crippen LogP contribution in [0.1, 0.15) is 18.2 Å². The van der Waals surface area contributed by atoms with Gasteiger partial charge in [-0.1, -0.05) is 12.1 Å². The van der Waals surface area contributed by atoms with Crippen LogP contribution in [0.4, 0.5) is 11.5 Å². The minimum Gasteiger partial charge on any atom is -0.497 e. The van der Waals surface area contributed by atoms with Gasteiger partial charge in [-0.15, -0.1) is 0 Å². The van der Waals surface area contributed by atoms with E-state index in [-0.39, 0.29) is 5.69 Å². The first-order valence-electron chi connectivity index (χ1n) is 6.65. The summed E-state index contributed by atoms with van der Waals surface area (Å²) >= 11 is 0. The van der Waals surface area contributed by atoms with Crippen molar-refractivity contribution in [2.75, 3.05) is 12.4 Å². The predicted molar refractivity (Wildman–Crippen MR) is 79.6 cm³/mol. The Bertz CT molecular complexity index is 652. The van der Waals surface area contributed by atoms with Gasteiger partial charge in [0, 0.05) is 13.1 Å². The average Bonchev–Trinajstić information content (AvgIpc) is 2.81. The van der Waals surface area contributed by atoms with E-state index in [9.17, 15) is 10.1 Å². The zero-order valence-corrected chi connectivity index (χ0v) is 12.3. The van der Waals surface area contributed by atoms with Gasteiger partial charge in [-0.2, -0.15) is 5.10 Å². The molecule has 0 atom stereocenters. The Kier molecular flexibility index (Phi) is 4.42. The summed E-state index contributed by atoms with van der Waals surface area (Å²) in [4.78, 5) is 10.8. The largest absolute Gasteiger partial charge is 0.497 e. The summed E-state index contributed by atoms with van der Waals surface area (Å²) in [6.07, 6.45) is 0. The molecule has 0 bridgehead atoms. The van der Waals surface area contributed by atoms with Gasteiger partial charge >= 0.3 is 5.69 Å². The molecule has 0 radical (unpaired) electrons. The highest BCUT2D eigenvalue weighted by molar-refractivity contribution is 5.59. The van der Waals surface area contributed by atoms with E-state index in [1.807, 2.05) is 31.2 Å². The molecule has 2 aromatic rings. The van der Waals surface area contributed by atoms with E-state index in [1.165, 1.54) is 0 Å². The number of nitrogens with zero attached hydrogens (tertiary/aromatic N) is 3. The van der Waals surface area contributed by atoms with Crippen molar-refractivity contribution in [1.29, 1.82) is 0 Å². The molecule has 1 N–H and O–H groups in total. The summed E-state index contributed by atoms with van der Waals surface area (Å²) in [6.45, 7) is 4.56. The van der Waals surface area contributed by atoms with Crippen molar-refractivity contribution in [3.05, 3.63) is 45.6 Å². The molecule has 7 nitrogen and oxygen atoms in total. The molecule has 0 fully saturated rings. The molecule has 0 aliphatic rings. The van der Waals surface area contributed by atoms with E-state index in [4.69, 9.17) is 4.74 Å². The summed E-state index contributed by atoms with van der Waals surface area (Å²) in [5.41, 5.74) is 1.42. The van der Waals surface area contributed by atoms with Crippen molar-refractivity contribution in [2.45, 2.75) is 26.9 Å². The molecule has 0 unspecified atom stereocenters. The average molecular weight is 290 g/mol. The Morgan fingerprint density at radius 2 is 2.24 bits per heavy atom. The molecule has 1 aromatic carbocycles. The number of aromatic nitrogens is 2. The van der Waals surface area contributed by atoms with Crippen LogP contribution in [0.25, 0.3) is 0 Å². The van der Waals surface area contributed by atoms with Crippen LogP contribution in [0.5, 0.6) is 5.75 Å². The summed E-state index contributed by atoms with van der Waals surface area (Å²) in [6, 6.07) is 7.55. The smallest absolute Gasteiger partial charge is 0.333 e. The quantitative estimate of drug-likeness (QED) is 0.653. The summed E-state index contributed by atoms with van der Waals surface area (Å²) in [7, 11) is 1.60. The molecule has 21 heavy (non-hydrogen) atoms. The number of hydrogen-bond donors (Lipinski definition) is 1. The number of hydrogen-bond acceptors (Lipinski definition) is 5. The third-order valence-corrected chi connectivity index (χ3v) is 3.17. The van der Waals surface area contributed by atoms with Crippen LogP contribution in [0, 0.1) is 17.0 Å². The van der Waals surface area contributed by atoms with Crippen LogP contribution in [-0.2, 0) is 13.1 Å². The molecule has 1 aromatic heterocycles. The molecular weight excluding hydrogens is 272 g/mol. The van der Waals surface area contributed by atoms with Gasteiger partial charge in [-0.05, 0) is 31.5 Å². The molecule has 112 valence electrons. The maximum atomic E-state index is 11.2. The molecule has 0 aliphatic carbocycles. The molecule has 0 aliphatic heterocycles. The van der Waals surface area contributed by atoms with E-state index in [2.05, 4.69) is 10.4 Å². The Morgan fingerprint density at radius 1 is 1.48 bits per heavy atom. The van der Waals surface area contributed by atoms with E-state index < -0.39 is 4.92 Å². The second-order valence-corrected chi connectivity index (χ2v) is 4.56. The van der Waals surface area contributed by atoms with Crippen molar-refractivity contribution in [2.24, 2.45) is 0 Å². The van der Waals surface area contributed by atoms with Crippen molar-refractivity contribution in [3.8, 4) is 5.75 Å². The number of methoxy groups -OCH3 is 1. The maximum absolute atomic E-state index is 11.2. The molecule has 2 rings (SSSR count). The number of anilines is 1. The zero-order chi connectivity index (χ0) is 15.4. The van der Waals surface area contributed by atoms with E-state index in [0.29, 0.717) is 24.6 Å². The molecule has 0 spiro atoms. The molecule has 7 heteroatoms. The fourth-order valence-electron chi connectivity index (χ4n) is 2.16. The van der Waals surface area contributed by atoms with Crippen LogP contribution < -0.4 is 10.1 Å². The highest BCUT2D eigenvalue weighted by atomic mass is 16.6. The summed E-state index contributed by atoms with van der Waals surface area (Å²) < 4.78 is 6.77. The van der Waals surface area contributed by atoms with Crippen molar-refractivity contribution < 1.29 is 9.66 Å². The number of aryl methyl sites for hydroxylation is 2. The first kappa shape index (κ1) is 14.8. The minimum atomic E-state index is -0.400. The lowest BCUT2D eigenvalue weighted by molar-refractivity contribution is -0.384. The highest BCUT2D eigenvalue weighted by Crippen LogP contribution is 2.28. The molecule has 0 saturated carbocycles. The lowest BCUT2D eigenvalue weighted by Gasteiger charge is -2.08. The molecule has 1 heterocycles. The number of ether oxygens (including phenoxy) is 1. The van der Waals surface area contributed by atoms with Crippen LogP contribution in [0.15, 0.2) is 24.3 Å². The lowest BCUT2D eigenvalue weighted by atomic mass is 10.2. The highest BCUT2D eigenvalue weighted by Gasteiger charge is 2.24. The Labute approximate surface area is 122 Å². The topological polar surface area (TPSA) is 82.2 Å². The van der Waals surface area contributed by atoms with Gasteiger partial charge in [0.15, 0.2) is 0 Å². The standard InChI is InChI=1S/C14H18N4O3/c1-4-17-14(13(18(19)20)10(2)16-17)15-9-11-6-5-7-12(8-11)21-3/h5-8,15H,4,9H2,1-3H3. The van der Waals surface area contributed by atoms with Gasteiger partial charge in [0.2, 0.25) is 5.82 Å². The second-order valence-electron chi connectivity index (χ2n) is 4.56. The van der Waals surface area contributed by atoms with Gasteiger partial charge in [-0.3, -0.25) is 10.1 Å². The maximum Gasteiger partial charge on any atom is 0.333 e. The van der Waals surface area contributed by atoms with Crippen LogP contribution >= 0.6 is 0 Å². The molecular formula is C14H18N4O3. The molecule has 0 amide bonds. The van der Waals surface area contributed by atoms with E-state index in [1.54, 1.807) is 18.7 Å². The Balaban J connectivity index is 2.24. The van der Waals surface area contributed by atoms with Crippen molar-refractivity contribution in [3.63, 3.8) is 0 Å². The Morgan fingerprint density at radius 3 is 2.86 bits per heavy atom. The van der Waals surface area contributed by atoms with Gasteiger partial charge in [0.05, 0.1) is 12.0 Å². The van der Waals surface area contributed by atoms with Crippen LogP contribution in [0.2, 0.25) is 0 Å². The second kappa shape index (κ2) is 6.25. The van der Waals surface area contributed by atoms with Crippen LogP contribution in [-0.4, -0.2) is 21.8 Å². The van der Waals surface area contributed by atoms with Crippen molar-refractivity contribution in [1.82, 2.24) is 9.78 Å². The monoisotopic (exact) mass is 290 g/mol. The fraction of sp³-hybridized carbons (Fsp3) is 0.357. The lowest BCUT2D eigenvalue weighted by Crippen LogP contribution is -2.08. The normalized spacial score (nSPS) is 10.4. The Hall–Kier alpha value is -2.57. The SMILES string of the molecule is CCn1nc(C)c([N+](=O)[O-])c1NCc1cccc(OC)c1. The van der Waals surface area contributed by atoms with Gasteiger partial charge in [0.25, 0.3) is 0 Å². The summed E-state index contributed by atoms with van der Waals surface area (Å²) in [5.74, 6) is 1.19. The van der Waals surface area contributed by atoms with E-state index in [0.717, 1.165) is 11.3 Å².